The SMILES string of the molecule is COc1cnn(CCN(C)C)c1C(O)CSC. The summed E-state index contributed by atoms with van der Waals surface area (Å²) in [5, 5.41) is 14.4. The molecule has 98 valence electrons. The smallest absolute Gasteiger partial charge is 0.162 e. The second-order valence-electron chi connectivity index (χ2n) is 4.10. The Labute approximate surface area is 107 Å². The molecule has 0 fully saturated rings. The monoisotopic (exact) mass is 259 g/mol. The van der Waals surface area contributed by atoms with Gasteiger partial charge in [-0.3, -0.25) is 4.68 Å². The molecule has 0 aromatic carbocycles. The van der Waals surface area contributed by atoms with Crippen LogP contribution < -0.4 is 4.74 Å². The average Bonchev–Trinajstić information content (AvgIpc) is 2.69. The molecule has 1 aromatic heterocycles. The quantitative estimate of drug-likeness (QED) is 0.787. The molecule has 0 aliphatic carbocycles. The normalized spacial score (nSPS) is 13.1. The van der Waals surface area contributed by atoms with Gasteiger partial charge in [0.15, 0.2) is 5.75 Å². The number of thioether (sulfide) groups is 1. The Bertz CT molecular complexity index is 341. The van der Waals surface area contributed by atoms with Gasteiger partial charge in [-0.2, -0.15) is 16.9 Å². The lowest BCUT2D eigenvalue weighted by Gasteiger charge is -2.15. The van der Waals surface area contributed by atoms with Crippen LogP contribution in [0.3, 0.4) is 0 Å². The second kappa shape index (κ2) is 6.88. The van der Waals surface area contributed by atoms with Gasteiger partial charge in [0.05, 0.1) is 19.9 Å². The fraction of sp³-hybridized carbons (Fsp3) is 0.727. The minimum absolute atomic E-state index is 0.537. The Morgan fingerprint density at radius 3 is 2.82 bits per heavy atom. The molecular formula is C11H21N3O2S. The van der Waals surface area contributed by atoms with Crippen LogP contribution in [-0.4, -0.2) is 59.5 Å². The maximum absolute atomic E-state index is 10.1. The minimum atomic E-state index is -0.537. The number of likely N-dealkylation sites (N-methyl/N-ethyl adjacent to an activating group) is 1. The molecule has 0 bridgehead atoms. The molecule has 5 nitrogen and oxygen atoms in total. The van der Waals surface area contributed by atoms with Crippen molar-refractivity contribution in [1.29, 1.82) is 0 Å². The van der Waals surface area contributed by atoms with Gasteiger partial charge in [-0.05, 0) is 20.4 Å². The molecule has 1 atom stereocenters. The summed E-state index contributed by atoms with van der Waals surface area (Å²) in [6.07, 6.45) is 3.09. The van der Waals surface area contributed by atoms with Crippen LogP contribution in [0.25, 0.3) is 0 Å². The highest BCUT2D eigenvalue weighted by Gasteiger charge is 2.19. The summed E-state index contributed by atoms with van der Waals surface area (Å²) in [5.74, 6) is 1.30. The van der Waals surface area contributed by atoms with Crippen molar-refractivity contribution in [3.63, 3.8) is 0 Å². The third-order valence-corrected chi connectivity index (χ3v) is 3.11. The van der Waals surface area contributed by atoms with E-state index in [4.69, 9.17) is 4.74 Å². The lowest BCUT2D eigenvalue weighted by molar-refractivity contribution is 0.185. The molecule has 17 heavy (non-hydrogen) atoms. The lowest BCUT2D eigenvalue weighted by atomic mass is 10.2. The van der Waals surface area contributed by atoms with Crippen LogP contribution in [0.5, 0.6) is 5.75 Å². The summed E-state index contributed by atoms with van der Waals surface area (Å²) < 4.78 is 7.05. The summed E-state index contributed by atoms with van der Waals surface area (Å²) in [6, 6.07) is 0. The van der Waals surface area contributed by atoms with E-state index in [2.05, 4.69) is 10.00 Å². The summed E-state index contributed by atoms with van der Waals surface area (Å²) in [7, 11) is 5.63. The molecule has 1 rings (SSSR count). The number of aliphatic hydroxyl groups is 1. The number of rotatable bonds is 7. The highest BCUT2D eigenvalue weighted by atomic mass is 32.2. The summed E-state index contributed by atoms with van der Waals surface area (Å²) in [6.45, 7) is 1.63. The Balaban J connectivity index is 2.85. The topological polar surface area (TPSA) is 50.5 Å². The van der Waals surface area contributed by atoms with Crippen molar-refractivity contribution in [2.24, 2.45) is 0 Å². The van der Waals surface area contributed by atoms with Gasteiger partial charge in [-0.25, -0.2) is 0 Å². The van der Waals surface area contributed by atoms with Crippen LogP contribution in [0.15, 0.2) is 6.20 Å². The first-order valence-electron chi connectivity index (χ1n) is 5.51. The highest BCUT2D eigenvalue weighted by molar-refractivity contribution is 7.98. The van der Waals surface area contributed by atoms with Crippen LogP contribution in [0.2, 0.25) is 0 Å². The van der Waals surface area contributed by atoms with E-state index in [-0.39, 0.29) is 0 Å². The summed E-state index contributed by atoms with van der Waals surface area (Å²) in [4.78, 5) is 2.08. The van der Waals surface area contributed by atoms with E-state index in [1.165, 1.54) is 0 Å². The number of aromatic nitrogens is 2. The van der Waals surface area contributed by atoms with E-state index in [1.807, 2.05) is 25.0 Å². The molecule has 1 N–H and O–H groups in total. The van der Waals surface area contributed by atoms with E-state index in [0.29, 0.717) is 11.5 Å². The molecule has 6 heteroatoms. The highest BCUT2D eigenvalue weighted by Crippen LogP contribution is 2.26. The molecular weight excluding hydrogens is 238 g/mol. The third kappa shape index (κ3) is 3.90. The van der Waals surface area contributed by atoms with Gasteiger partial charge in [-0.15, -0.1) is 0 Å². The molecule has 0 spiro atoms. The number of hydrogen-bond donors (Lipinski definition) is 1. The first-order valence-corrected chi connectivity index (χ1v) is 6.91. The number of nitrogens with zero attached hydrogens (tertiary/aromatic N) is 3. The number of methoxy groups -OCH3 is 1. The molecule has 1 heterocycles. The van der Waals surface area contributed by atoms with Gasteiger partial charge >= 0.3 is 0 Å². The molecule has 1 unspecified atom stereocenters. The first-order chi connectivity index (χ1) is 8.10. The first kappa shape index (κ1) is 14.3. The van der Waals surface area contributed by atoms with Crippen LogP contribution in [0.4, 0.5) is 0 Å². The van der Waals surface area contributed by atoms with Crippen molar-refractivity contribution in [3.8, 4) is 5.75 Å². The van der Waals surface area contributed by atoms with Crippen molar-refractivity contribution < 1.29 is 9.84 Å². The molecule has 0 amide bonds. The Morgan fingerprint density at radius 2 is 2.29 bits per heavy atom. The zero-order chi connectivity index (χ0) is 12.8. The lowest BCUT2D eigenvalue weighted by Crippen LogP contribution is -2.21. The van der Waals surface area contributed by atoms with Gasteiger partial charge in [0.25, 0.3) is 0 Å². The molecule has 0 saturated heterocycles. The van der Waals surface area contributed by atoms with E-state index >= 15 is 0 Å². The average molecular weight is 259 g/mol. The molecule has 1 aromatic rings. The predicted molar refractivity (Wildman–Crippen MR) is 70.7 cm³/mol. The Hall–Kier alpha value is -0.720. The van der Waals surface area contributed by atoms with Crippen molar-refractivity contribution in [2.45, 2.75) is 12.6 Å². The number of hydrogen-bond acceptors (Lipinski definition) is 5. The van der Waals surface area contributed by atoms with Crippen LogP contribution in [-0.2, 0) is 6.54 Å². The largest absolute Gasteiger partial charge is 0.493 e. The van der Waals surface area contributed by atoms with E-state index < -0.39 is 6.10 Å². The van der Waals surface area contributed by atoms with Crippen LogP contribution >= 0.6 is 11.8 Å². The third-order valence-electron chi connectivity index (χ3n) is 2.46. The second-order valence-corrected chi connectivity index (χ2v) is 5.01. The van der Waals surface area contributed by atoms with Gasteiger partial charge in [0, 0.05) is 12.3 Å². The predicted octanol–water partition coefficient (Wildman–Crippen LogP) is 0.850. The van der Waals surface area contributed by atoms with E-state index in [1.54, 1.807) is 25.1 Å². The maximum atomic E-state index is 10.1. The van der Waals surface area contributed by atoms with Crippen molar-refractivity contribution in [1.82, 2.24) is 14.7 Å². The maximum Gasteiger partial charge on any atom is 0.162 e. The van der Waals surface area contributed by atoms with Crippen LogP contribution in [0.1, 0.15) is 11.8 Å². The van der Waals surface area contributed by atoms with Crippen molar-refractivity contribution >= 4 is 11.8 Å². The minimum Gasteiger partial charge on any atom is -0.493 e. The van der Waals surface area contributed by atoms with Gasteiger partial charge in [0.1, 0.15) is 11.8 Å². The van der Waals surface area contributed by atoms with Gasteiger partial charge in [-0.1, -0.05) is 0 Å². The molecule has 0 aliphatic heterocycles. The van der Waals surface area contributed by atoms with E-state index in [0.717, 1.165) is 18.8 Å². The van der Waals surface area contributed by atoms with Crippen molar-refractivity contribution in [2.75, 3.05) is 39.8 Å². The van der Waals surface area contributed by atoms with Crippen LogP contribution in [0, 0.1) is 0 Å². The molecule has 0 aliphatic rings. The zero-order valence-corrected chi connectivity index (χ0v) is 11.7. The standard InChI is InChI=1S/C11H21N3O2S/c1-13(2)5-6-14-11(9(15)8-17-4)10(16-3)7-12-14/h7,9,15H,5-6,8H2,1-4H3. The fourth-order valence-corrected chi connectivity index (χ4v) is 2.05. The Kier molecular flexibility index (Phi) is 5.80. The zero-order valence-electron chi connectivity index (χ0n) is 10.9. The summed E-state index contributed by atoms with van der Waals surface area (Å²) >= 11 is 1.60. The molecule has 0 radical (unpaired) electrons. The van der Waals surface area contributed by atoms with E-state index in [9.17, 15) is 5.11 Å². The van der Waals surface area contributed by atoms with Gasteiger partial charge in [0.2, 0.25) is 0 Å². The fourth-order valence-electron chi connectivity index (χ4n) is 1.58. The van der Waals surface area contributed by atoms with Gasteiger partial charge < -0.3 is 14.7 Å². The number of aliphatic hydroxyl groups excluding tert-OH is 1. The van der Waals surface area contributed by atoms with Crippen molar-refractivity contribution in [3.05, 3.63) is 11.9 Å². The molecule has 0 saturated carbocycles. The Morgan fingerprint density at radius 1 is 1.59 bits per heavy atom. The summed E-state index contributed by atoms with van der Waals surface area (Å²) in [5.41, 5.74) is 0.767. The number of ether oxygens (including phenoxy) is 1.